The molecule has 0 saturated heterocycles. The summed E-state index contributed by atoms with van der Waals surface area (Å²) in [6, 6.07) is 4.26. The van der Waals surface area contributed by atoms with Crippen LogP contribution in [0.5, 0.6) is 0 Å². The molecule has 3 N–H and O–H groups in total. The minimum Gasteiger partial charge on any atom is -0.394 e. The highest BCUT2D eigenvalue weighted by molar-refractivity contribution is 6.27. The number of nitrogens with one attached hydrogen (secondary N) is 1. The molecule has 1 rings (SSSR count). The summed E-state index contributed by atoms with van der Waals surface area (Å²) in [5.41, 5.74) is 0.237. The van der Waals surface area contributed by atoms with Crippen LogP contribution in [0.3, 0.4) is 0 Å². The van der Waals surface area contributed by atoms with E-state index >= 15 is 0 Å². The van der Waals surface area contributed by atoms with Gasteiger partial charge in [0, 0.05) is 12.1 Å². The lowest BCUT2D eigenvalue weighted by Gasteiger charge is -2.22. The highest BCUT2D eigenvalue weighted by Crippen LogP contribution is 2.20. The second-order valence-corrected chi connectivity index (χ2v) is 4.05. The molecule has 0 bridgehead atoms. The molecule has 0 radical (unpaired) electrons. The van der Waals surface area contributed by atoms with E-state index in [-0.39, 0.29) is 11.6 Å². The van der Waals surface area contributed by atoms with Gasteiger partial charge in [-0.3, -0.25) is 14.9 Å². The van der Waals surface area contributed by atoms with E-state index in [9.17, 15) is 20.0 Å². The summed E-state index contributed by atoms with van der Waals surface area (Å²) in [4.78, 5) is 21.0. The van der Waals surface area contributed by atoms with Crippen molar-refractivity contribution in [2.24, 2.45) is 0 Å². The number of amides is 1. The van der Waals surface area contributed by atoms with E-state index in [4.69, 9.17) is 16.7 Å². The molecule has 0 aliphatic rings. The lowest BCUT2D eigenvalue weighted by atomic mass is 10.0. The van der Waals surface area contributed by atoms with Gasteiger partial charge in [0.2, 0.25) is 5.91 Å². The molecule has 0 aromatic heterocycles. The number of benzene rings is 1. The van der Waals surface area contributed by atoms with Crippen LogP contribution in [0, 0.1) is 10.1 Å². The van der Waals surface area contributed by atoms with E-state index in [1.165, 1.54) is 24.3 Å². The van der Waals surface area contributed by atoms with Crippen molar-refractivity contribution in [3.8, 4) is 0 Å². The topological polar surface area (TPSA) is 113 Å². The van der Waals surface area contributed by atoms with E-state index in [1.807, 2.05) is 0 Å². The molecule has 8 heteroatoms. The van der Waals surface area contributed by atoms with Gasteiger partial charge in [-0.1, -0.05) is 0 Å². The summed E-state index contributed by atoms with van der Waals surface area (Å²) in [7, 11) is 0. The number of alkyl halides is 1. The minimum absolute atomic E-state index is 0.110. The molecule has 1 aromatic carbocycles. The Morgan fingerprint density at radius 3 is 2.42 bits per heavy atom. The Bertz CT molecular complexity index is 451. The normalized spacial score (nSPS) is 13.6. The fourth-order valence-electron chi connectivity index (χ4n) is 1.50. The van der Waals surface area contributed by atoms with Gasteiger partial charge in [-0.25, -0.2) is 0 Å². The molecular weight excluding hydrogens is 276 g/mol. The highest BCUT2D eigenvalue weighted by Gasteiger charge is 2.22. The zero-order valence-corrected chi connectivity index (χ0v) is 10.6. The largest absolute Gasteiger partial charge is 0.394 e. The molecule has 0 spiro atoms. The van der Waals surface area contributed by atoms with Crippen LogP contribution in [-0.2, 0) is 4.79 Å². The van der Waals surface area contributed by atoms with E-state index < -0.39 is 29.6 Å². The number of carbonyl (C=O) groups is 1. The molecule has 1 aromatic rings. The monoisotopic (exact) mass is 288 g/mol. The van der Waals surface area contributed by atoms with Gasteiger partial charge in [0.15, 0.2) is 0 Å². The lowest BCUT2D eigenvalue weighted by Crippen LogP contribution is -2.42. The van der Waals surface area contributed by atoms with Crippen molar-refractivity contribution in [3.05, 3.63) is 39.9 Å². The van der Waals surface area contributed by atoms with Crippen molar-refractivity contribution in [1.29, 1.82) is 0 Å². The first kappa shape index (κ1) is 15.4. The van der Waals surface area contributed by atoms with Crippen LogP contribution in [0.15, 0.2) is 24.3 Å². The third-order valence-electron chi connectivity index (χ3n) is 2.49. The number of rotatable bonds is 6. The van der Waals surface area contributed by atoms with Gasteiger partial charge >= 0.3 is 0 Å². The van der Waals surface area contributed by atoms with Crippen LogP contribution >= 0.6 is 11.6 Å². The summed E-state index contributed by atoms with van der Waals surface area (Å²) in [6.07, 6.45) is -1.18. The molecule has 0 heterocycles. The Kier molecular flexibility index (Phi) is 5.68. The van der Waals surface area contributed by atoms with Crippen molar-refractivity contribution < 1.29 is 19.9 Å². The van der Waals surface area contributed by atoms with Crippen LogP contribution < -0.4 is 5.32 Å². The van der Waals surface area contributed by atoms with Crippen LogP contribution in [-0.4, -0.2) is 39.6 Å². The number of nitrogens with zero attached hydrogens (tertiary/aromatic N) is 1. The van der Waals surface area contributed by atoms with E-state index in [0.29, 0.717) is 5.56 Å². The summed E-state index contributed by atoms with van der Waals surface area (Å²) in [5, 5.41) is 31.9. The smallest absolute Gasteiger partial charge is 0.269 e. The molecule has 1 amide bonds. The van der Waals surface area contributed by atoms with Gasteiger partial charge in [-0.15, -0.1) is 11.6 Å². The average Bonchev–Trinajstić information content (AvgIpc) is 2.43. The number of aliphatic hydroxyl groups excluding tert-OH is 2. The maximum atomic E-state index is 11.1. The van der Waals surface area contributed by atoms with Crippen molar-refractivity contribution in [1.82, 2.24) is 5.32 Å². The third kappa shape index (κ3) is 4.16. The SMILES string of the molecule is O=C(CCl)N[C@H](CO)[C@@H](O)c1ccc([N+](=O)[O-])cc1. The molecule has 0 aliphatic heterocycles. The van der Waals surface area contributed by atoms with Gasteiger partial charge < -0.3 is 15.5 Å². The zero-order valence-electron chi connectivity index (χ0n) is 9.82. The molecule has 104 valence electrons. The van der Waals surface area contributed by atoms with Crippen LogP contribution in [0.4, 0.5) is 5.69 Å². The van der Waals surface area contributed by atoms with Crippen LogP contribution in [0.25, 0.3) is 0 Å². The van der Waals surface area contributed by atoms with Crippen LogP contribution in [0.1, 0.15) is 11.7 Å². The van der Waals surface area contributed by atoms with Crippen molar-refractivity contribution in [2.75, 3.05) is 12.5 Å². The summed E-state index contributed by atoms with van der Waals surface area (Å²) >= 11 is 5.31. The molecule has 0 fully saturated rings. The number of nitro groups is 1. The highest BCUT2D eigenvalue weighted by atomic mass is 35.5. The van der Waals surface area contributed by atoms with Gasteiger partial charge in [-0.2, -0.15) is 0 Å². The third-order valence-corrected chi connectivity index (χ3v) is 2.73. The minimum atomic E-state index is -1.18. The summed E-state index contributed by atoms with van der Waals surface area (Å²) in [5.74, 6) is -0.814. The van der Waals surface area contributed by atoms with Crippen molar-refractivity contribution in [2.45, 2.75) is 12.1 Å². The Labute approximate surface area is 114 Å². The first-order chi connectivity index (χ1) is 8.99. The maximum absolute atomic E-state index is 11.1. The van der Waals surface area contributed by atoms with Gasteiger partial charge in [0.05, 0.1) is 17.6 Å². The van der Waals surface area contributed by atoms with E-state index in [2.05, 4.69) is 5.32 Å². The average molecular weight is 289 g/mol. The fraction of sp³-hybridized carbons (Fsp3) is 0.364. The lowest BCUT2D eigenvalue weighted by molar-refractivity contribution is -0.384. The quantitative estimate of drug-likeness (QED) is 0.397. The Balaban J connectivity index is 2.81. The van der Waals surface area contributed by atoms with Crippen molar-refractivity contribution >= 4 is 23.2 Å². The number of aliphatic hydroxyl groups is 2. The summed E-state index contributed by atoms with van der Waals surface area (Å²) in [6.45, 7) is -0.485. The Hall–Kier alpha value is -1.70. The van der Waals surface area contributed by atoms with Gasteiger partial charge in [0.25, 0.3) is 5.69 Å². The van der Waals surface area contributed by atoms with E-state index in [0.717, 1.165) is 0 Å². The first-order valence-electron chi connectivity index (χ1n) is 5.38. The second-order valence-electron chi connectivity index (χ2n) is 3.78. The van der Waals surface area contributed by atoms with Gasteiger partial charge in [0.1, 0.15) is 12.0 Å². The molecule has 19 heavy (non-hydrogen) atoms. The molecule has 2 atom stereocenters. The molecule has 0 saturated carbocycles. The number of nitro benzene ring substituents is 1. The predicted octanol–water partition coefficient (Wildman–Crippen LogP) is 0.344. The molecule has 0 aliphatic carbocycles. The molecular formula is C11H13ClN2O5. The zero-order chi connectivity index (χ0) is 14.4. The number of non-ortho nitro benzene ring substituents is 1. The van der Waals surface area contributed by atoms with Crippen LogP contribution in [0.2, 0.25) is 0 Å². The first-order valence-corrected chi connectivity index (χ1v) is 5.91. The van der Waals surface area contributed by atoms with Crippen molar-refractivity contribution in [3.63, 3.8) is 0 Å². The van der Waals surface area contributed by atoms with Gasteiger partial charge in [-0.05, 0) is 17.7 Å². The second kappa shape index (κ2) is 7.03. The number of carbonyl (C=O) groups excluding carboxylic acids is 1. The Morgan fingerprint density at radius 2 is 2.00 bits per heavy atom. The predicted molar refractivity (Wildman–Crippen MR) is 67.8 cm³/mol. The standard InChI is InChI=1S/C11H13ClN2O5/c12-5-10(16)13-9(6-15)11(17)7-1-3-8(4-2-7)14(18)19/h1-4,9,11,15,17H,5-6H2,(H,13,16)/t9-,11+/m1/s1. The maximum Gasteiger partial charge on any atom is 0.269 e. The van der Waals surface area contributed by atoms with E-state index in [1.54, 1.807) is 0 Å². The number of hydrogen-bond donors (Lipinski definition) is 3. The fourth-order valence-corrected chi connectivity index (χ4v) is 1.57. The Morgan fingerprint density at radius 1 is 1.42 bits per heavy atom. The molecule has 0 unspecified atom stereocenters. The number of hydrogen-bond acceptors (Lipinski definition) is 5. The molecule has 7 nitrogen and oxygen atoms in total. The summed E-state index contributed by atoms with van der Waals surface area (Å²) < 4.78 is 0. The number of halogens is 1.